The molecule has 0 bridgehead atoms. The summed E-state index contributed by atoms with van der Waals surface area (Å²) in [5.41, 5.74) is 0.625. The molecular formula is C18H25N3O3S. The largest absolute Gasteiger partial charge is 0.362 e. The van der Waals surface area contributed by atoms with Gasteiger partial charge in [-0.15, -0.1) is 4.40 Å². The number of carbonyl (C=O) groups excluding carboxylic acids is 1. The van der Waals surface area contributed by atoms with Crippen molar-refractivity contribution in [2.75, 3.05) is 18.9 Å². The molecule has 1 saturated heterocycles. The monoisotopic (exact) mass is 363 g/mol. The molecule has 0 radical (unpaired) electrons. The summed E-state index contributed by atoms with van der Waals surface area (Å²) in [6.07, 6.45) is 6.89. The van der Waals surface area contributed by atoms with Gasteiger partial charge in [0.1, 0.15) is 5.84 Å². The van der Waals surface area contributed by atoms with Gasteiger partial charge in [-0.05, 0) is 43.5 Å². The van der Waals surface area contributed by atoms with Gasteiger partial charge in [0, 0.05) is 31.6 Å². The number of anilines is 1. The molecule has 1 aromatic carbocycles. The summed E-state index contributed by atoms with van der Waals surface area (Å²) in [6.45, 7) is 0.834. The molecule has 3 rings (SSSR count). The van der Waals surface area contributed by atoms with Gasteiger partial charge in [-0.2, -0.15) is 8.42 Å². The van der Waals surface area contributed by atoms with Crippen molar-refractivity contribution in [1.82, 2.24) is 4.90 Å². The number of amidine groups is 1. The first-order valence-corrected chi connectivity index (χ1v) is 10.4. The lowest BCUT2D eigenvalue weighted by Crippen LogP contribution is -2.24. The maximum absolute atomic E-state index is 12.4. The molecule has 1 saturated carbocycles. The lowest BCUT2D eigenvalue weighted by Gasteiger charge is -2.20. The summed E-state index contributed by atoms with van der Waals surface area (Å²) in [7, 11) is -1.86. The zero-order valence-corrected chi connectivity index (χ0v) is 15.4. The third-order valence-corrected chi connectivity index (χ3v) is 6.27. The van der Waals surface area contributed by atoms with Gasteiger partial charge in [0.2, 0.25) is 5.91 Å². The maximum Gasteiger partial charge on any atom is 0.283 e. The van der Waals surface area contributed by atoms with Crippen LogP contribution in [0.3, 0.4) is 0 Å². The lowest BCUT2D eigenvalue weighted by atomic mass is 9.88. The fraction of sp³-hybridized carbons (Fsp3) is 0.556. The highest BCUT2D eigenvalue weighted by Crippen LogP contribution is 2.25. The van der Waals surface area contributed by atoms with Crippen molar-refractivity contribution < 1.29 is 13.2 Å². The maximum atomic E-state index is 12.4. The van der Waals surface area contributed by atoms with Crippen LogP contribution in [0.1, 0.15) is 44.9 Å². The Bertz CT molecular complexity index is 750. The van der Waals surface area contributed by atoms with Gasteiger partial charge in [-0.25, -0.2) is 0 Å². The average molecular weight is 363 g/mol. The van der Waals surface area contributed by atoms with E-state index in [0.29, 0.717) is 17.9 Å². The van der Waals surface area contributed by atoms with E-state index in [9.17, 15) is 13.2 Å². The molecule has 0 unspecified atom stereocenters. The van der Waals surface area contributed by atoms with E-state index in [4.69, 9.17) is 0 Å². The number of nitrogens with one attached hydrogen (secondary N) is 1. The van der Waals surface area contributed by atoms with E-state index in [2.05, 4.69) is 9.71 Å². The van der Waals surface area contributed by atoms with Gasteiger partial charge in [-0.1, -0.05) is 19.3 Å². The Morgan fingerprint density at radius 2 is 1.80 bits per heavy atom. The van der Waals surface area contributed by atoms with Crippen LogP contribution in [0.25, 0.3) is 0 Å². The minimum atomic E-state index is -3.71. The zero-order chi connectivity index (χ0) is 17.9. The fourth-order valence-electron chi connectivity index (χ4n) is 3.42. The molecule has 6 nitrogen and oxygen atoms in total. The van der Waals surface area contributed by atoms with Crippen molar-refractivity contribution >= 4 is 27.5 Å². The van der Waals surface area contributed by atoms with Gasteiger partial charge in [-0.3, -0.25) is 4.79 Å². The average Bonchev–Trinajstić information content (AvgIpc) is 3.00. The van der Waals surface area contributed by atoms with E-state index in [-0.39, 0.29) is 16.7 Å². The first kappa shape index (κ1) is 17.9. The molecule has 2 aliphatic rings. The quantitative estimate of drug-likeness (QED) is 0.892. The number of hydrogen-bond acceptors (Lipinski definition) is 3. The first-order chi connectivity index (χ1) is 12.0. The van der Waals surface area contributed by atoms with Gasteiger partial charge >= 0.3 is 0 Å². The molecule has 1 N–H and O–H groups in total. The van der Waals surface area contributed by atoms with Crippen LogP contribution in [0.5, 0.6) is 0 Å². The molecule has 1 heterocycles. The van der Waals surface area contributed by atoms with Crippen LogP contribution >= 0.6 is 0 Å². The molecule has 0 aromatic heterocycles. The van der Waals surface area contributed by atoms with Crippen LogP contribution in [0.4, 0.5) is 5.69 Å². The van der Waals surface area contributed by atoms with E-state index < -0.39 is 10.0 Å². The molecule has 0 spiro atoms. The van der Waals surface area contributed by atoms with Crippen molar-refractivity contribution in [1.29, 1.82) is 0 Å². The number of benzene rings is 1. The topological polar surface area (TPSA) is 78.8 Å². The molecule has 1 aliphatic heterocycles. The van der Waals surface area contributed by atoms with Gasteiger partial charge in [0.25, 0.3) is 10.0 Å². The van der Waals surface area contributed by atoms with Crippen LogP contribution in [-0.4, -0.2) is 38.7 Å². The Morgan fingerprint density at radius 3 is 2.40 bits per heavy atom. The van der Waals surface area contributed by atoms with Crippen LogP contribution in [0, 0.1) is 5.92 Å². The molecule has 7 heteroatoms. The van der Waals surface area contributed by atoms with Crippen LogP contribution < -0.4 is 5.32 Å². The van der Waals surface area contributed by atoms with Gasteiger partial charge in [0.05, 0.1) is 4.90 Å². The van der Waals surface area contributed by atoms with E-state index >= 15 is 0 Å². The molecular weight excluding hydrogens is 338 g/mol. The minimum Gasteiger partial charge on any atom is -0.362 e. The number of sulfonamides is 1. The molecule has 2 fully saturated rings. The predicted molar refractivity (Wildman–Crippen MR) is 98.1 cm³/mol. The minimum absolute atomic E-state index is 0.0307. The van der Waals surface area contributed by atoms with Crippen LogP contribution in [0.2, 0.25) is 0 Å². The highest BCUT2D eigenvalue weighted by molar-refractivity contribution is 7.90. The highest BCUT2D eigenvalue weighted by Gasteiger charge is 2.22. The van der Waals surface area contributed by atoms with Crippen molar-refractivity contribution in [3.8, 4) is 0 Å². The molecule has 136 valence electrons. The number of nitrogens with zero attached hydrogens (tertiary/aromatic N) is 2. The van der Waals surface area contributed by atoms with Crippen molar-refractivity contribution in [2.45, 2.75) is 49.8 Å². The first-order valence-electron chi connectivity index (χ1n) is 8.91. The smallest absolute Gasteiger partial charge is 0.283 e. The lowest BCUT2D eigenvalue weighted by molar-refractivity contribution is -0.120. The molecule has 1 aliphatic carbocycles. The second-order valence-electron chi connectivity index (χ2n) is 6.86. The second-order valence-corrected chi connectivity index (χ2v) is 8.46. The Labute approximate surface area is 149 Å². The predicted octanol–water partition coefficient (Wildman–Crippen LogP) is 3.02. The normalized spacial score (nSPS) is 20.8. The number of hydrogen-bond donors (Lipinski definition) is 1. The number of amides is 1. The number of likely N-dealkylation sites (tertiary alicyclic amines) is 1. The van der Waals surface area contributed by atoms with E-state index in [1.807, 2.05) is 11.9 Å². The standard InChI is InChI=1S/C18H25N3O3S/c1-21-13-5-8-17(21)20-25(23,24)16-11-9-15(10-12-16)19-18(22)14-6-3-2-4-7-14/h9-12,14H,2-8,13H2,1H3,(H,19,22). The van der Waals surface area contributed by atoms with E-state index in [1.54, 1.807) is 12.1 Å². The van der Waals surface area contributed by atoms with Crippen molar-refractivity contribution in [2.24, 2.45) is 10.3 Å². The molecule has 0 atom stereocenters. The van der Waals surface area contributed by atoms with Crippen LogP contribution in [0.15, 0.2) is 33.6 Å². The Balaban J connectivity index is 1.68. The molecule has 25 heavy (non-hydrogen) atoms. The summed E-state index contributed by atoms with van der Waals surface area (Å²) in [5, 5.41) is 2.89. The summed E-state index contributed by atoms with van der Waals surface area (Å²) in [6, 6.07) is 6.27. The zero-order valence-electron chi connectivity index (χ0n) is 14.6. The molecule has 1 aromatic rings. The van der Waals surface area contributed by atoms with Crippen molar-refractivity contribution in [3.05, 3.63) is 24.3 Å². The number of carbonyl (C=O) groups is 1. The van der Waals surface area contributed by atoms with Gasteiger partial charge < -0.3 is 10.2 Å². The van der Waals surface area contributed by atoms with E-state index in [0.717, 1.165) is 38.6 Å². The van der Waals surface area contributed by atoms with Gasteiger partial charge in [0.15, 0.2) is 0 Å². The van der Waals surface area contributed by atoms with E-state index in [1.165, 1.54) is 18.6 Å². The summed E-state index contributed by atoms with van der Waals surface area (Å²) >= 11 is 0. The molecule has 1 amide bonds. The summed E-state index contributed by atoms with van der Waals surface area (Å²) in [5.74, 6) is 0.708. The highest BCUT2D eigenvalue weighted by atomic mass is 32.2. The summed E-state index contributed by atoms with van der Waals surface area (Å²) in [4.78, 5) is 14.3. The number of rotatable bonds is 4. The Hall–Kier alpha value is -1.89. The Morgan fingerprint density at radius 1 is 1.12 bits per heavy atom. The van der Waals surface area contributed by atoms with Crippen molar-refractivity contribution in [3.63, 3.8) is 0 Å². The fourth-order valence-corrected chi connectivity index (χ4v) is 4.51. The Kier molecular flexibility index (Phi) is 5.42. The van der Waals surface area contributed by atoms with Crippen LogP contribution in [-0.2, 0) is 14.8 Å². The second kappa shape index (κ2) is 7.56. The third-order valence-electron chi connectivity index (χ3n) is 4.96. The third kappa shape index (κ3) is 4.39. The summed E-state index contributed by atoms with van der Waals surface area (Å²) < 4.78 is 28.8. The SMILES string of the molecule is CN1CCCC1=NS(=O)(=O)c1ccc(NC(=O)C2CCCCC2)cc1.